The molecular formula is C19H23N3O. The molecule has 1 aromatic carbocycles. The summed E-state index contributed by atoms with van der Waals surface area (Å²) in [5.41, 5.74) is 2.86. The molecule has 23 heavy (non-hydrogen) atoms. The second-order valence-corrected chi connectivity index (χ2v) is 7.63. The van der Waals surface area contributed by atoms with Gasteiger partial charge in [-0.25, -0.2) is 9.97 Å². The van der Waals surface area contributed by atoms with Crippen LogP contribution >= 0.6 is 0 Å². The van der Waals surface area contributed by atoms with Crippen molar-refractivity contribution in [2.45, 2.75) is 51.4 Å². The molecule has 2 bridgehead atoms. The molecule has 2 aliphatic carbocycles. The van der Waals surface area contributed by atoms with Gasteiger partial charge in [0.15, 0.2) is 0 Å². The fourth-order valence-corrected chi connectivity index (χ4v) is 4.86. The highest BCUT2D eigenvalue weighted by atomic mass is 16.2. The Labute approximate surface area is 136 Å². The van der Waals surface area contributed by atoms with E-state index in [1.165, 1.54) is 0 Å². The van der Waals surface area contributed by atoms with Gasteiger partial charge in [-0.15, -0.1) is 0 Å². The van der Waals surface area contributed by atoms with Crippen molar-refractivity contribution in [3.8, 4) is 0 Å². The molecule has 2 aromatic rings. The zero-order valence-electron chi connectivity index (χ0n) is 14.2. The van der Waals surface area contributed by atoms with Crippen LogP contribution in [0.15, 0.2) is 24.3 Å². The number of fused-ring (bicyclic) bond motifs is 6. The molecule has 2 atom stereocenters. The predicted octanol–water partition coefficient (Wildman–Crippen LogP) is 3.10. The third-order valence-corrected chi connectivity index (χ3v) is 6.67. The summed E-state index contributed by atoms with van der Waals surface area (Å²) in [7, 11) is 0. The van der Waals surface area contributed by atoms with Crippen LogP contribution in [0.5, 0.6) is 0 Å². The Hall–Kier alpha value is -1.97. The molecular weight excluding hydrogens is 286 g/mol. The summed E-state index contributed by atoms with van der Waals surface area (Å²) in [6.45, 7) is 9.29. The lowest BCUT2D eigenvalue weighted by Crippen LogP contribution is -2.51. The van der Waals surface area contributed by atoms with E-state index >= 15 is 0 Å². The van der Waals surface area contributed by atoms with Gasteiger partial charge in [0.1, 0.15) is 0 Å². The average Bonchev–Trinajstić information content (AvgIpc) is 2.82. The van der Waals surface area contributed by atoms with Crippen molar-refractivity contribution in [3.63, 3.8) is 0 Å². The van der Waals surface area contributed by atoms with Crippen LogP contribution in [0.4, 0.5) is 0 Å². The minimum Gasteiger partial charge on any atom is -0.356 e. The summed E-state index contributed by atoms with van der Waals surface area (Å²) in [5.74, 6) is 0.108. The van der Waals surface area contributed by atoms with Gasteiger partial charge in [-0.05, 0) is 37.3 Å². The second kappa shape index (κ2) is 4.31. The third kappa shape index (κ3) is 1.45. The number of rotatable bonds is 2. The van der Waals surface area contributed by atoms with Crippen LogP contribution < -0.4 is 5.32 Å². The lowest BCUT2D eigenvalue weighted by molar-refractivity contribution is -0.130. The van der Waals surface area contributed by atoms with Gasteiger partial charge in [-0.1, -0.05) is 32.9 Å². The first-order valence-corrected chi connectivity index (χ1v) is 8.44. The van der Waals surface area contributed by atoms with E-state index in [-0.39, 0.29) is 16.7 Å². The van der Waals surface area contributed by atoms with Crippen LogP contribution in [0.1, 0.15) is 51.9 Å². The Morgan fingerprint density at radius 2 is 1.70 bits per heavy atom. The fourth-order valence-electron chi connectivity index (χ4n) is 4.86. The third-order valence-electron chi connectivity index (χ3n) is 6.67. The van der Waals surface area contributed by atoms with E-state index in [4.69, 9.17) is 9.97 Å². The van der Waals surface area contributed by atoms with Crippen molar-refractivity contribution in [1.29, 1.82) is 0 Å². The molecule has 2 aliphatic rings. The van der Waals surface area contributed by atoms with Crippen molar-refractivity contribution in [3.05, 3.63) is 35.7 Å². The van der Waals surface area contributed by atoms with E-state index in [0.29, 0.717) is 6.54 Å². The molecule has 0 spiro atoms. The quantitative estimate of drug-likeness (QED) is 0.927. The van der Waals surface area contributed by atoms with Crippen molar-refractivity contribution in [2.75, 3.05) is 6.54 Å². The molecule has 2 unspecified atom stereocenters. The Morgan fingerprint density at radius 1 is 1.09 bits per heavy atom. The largest absolute Gasteiger partial charge is 0.356 e. The molecule has 1 saturated carbocycles. The van der Waals surface area contributed by atoms with Crippen LogP contribution in [0.2, 0.25) is 0 Å². The zero-order valence-corrected chi connectivity index (χ0v) is 14.2. The molecule has 1 heterocycles. The van der Waals surface area contributed by atoms with Crippen molar-refractivity contribution in [2.24, 2.45) is 5.41 Å². The lowest BCUT2D eigenvalue weighted by Gasteiger charge is -2.39. The molecule has 4 heteroatoms. The van der Waals surface area contributed by atoms with Crippen molar-refractivity contribution < 1.29 is 4.79 Å². The maximum Gasteiger partial charge on any atom is 0.232 e. The molecule has 0 radical (unpaired) electrons. The predicted molar refractivity (Wildman–Crippen MR) is 90.3 cm³/mol. The van der Waals surface area contributed by atoms with Gasteiger partial charge < -0.3 is 5.32 Å². The topological polar surface area (TPSA) is 54.9 Å². The highest BCUT2D eigenvalue weighted by molar-refractivity contribution is 5.92. The first-order valence-electron chi connectivity index (χ1n) is 8.44. The van der Waals surface area contributed by atoms with Gasteiger partial charge in [0.25, 0.3) is 0 Å². The molecule has 1 N–H and O–H groups in total. The molecule has 0 aliphatic heterocycles. The molecule has 1 fully saturated rings. The molecule has 120 valence electrons. The first-order chi connectivity index (χ1) is 10.9. The number of amides is 1. The molecule has 0 saturated heterocycles. The first kappa shape index (κ1) is 14.6. The summed E-state index contributed by atoms with van der Waals surface area (Å²) in [4.78, 5) is 23.0. The lowest BCUT2D eigenvalue weighted by atomic mass is 9.63. The Balaban J connectivity index is 2.06. The molecule has 1 aromatic heterocycles. The minimum absolute atomic E-state index is 0.107. The maximum atomic E-state index is 13.1. The summed E-state index contributed by atoms with van der Waals surface area (Å²) in [5, 5.41) is 3.06. The van der Waals surface area contributed by atoms with E-state index in [9.17, 15) is 4.79 Å². The van der Waals surface area contributed by atoms with E-state index in [1.807, 2.05) is 31.2 Å². The second-order valence-electron chi connectivity index (χ2n) is 7.63. The van der Waals surface area contributed by atoms with Crippen LogP contribution in [-0.4, -0.2) is 22.4 Å². The summed E-state index contributed by atoms with van der Waals surface area (Å²) >= 11 is 0. The summed E-state index contributed by atoms with van der Waals surface area (Å²) in [6.07, 6.45) is 1.83. The van der Waals surface area contributed by atoms with Gasteiger partial charge in [0.2, 0.25) is 5.91 Å². The van der Waals surface area contributed by atoms with Crippen LogP contribution in [-0.2, 0) is 15.6 Å². The number of carbonyl (C=O) groups excluding carboxylic acids is 1. The van der Waals surface area contributed by atoms with E-state index in [0.717, 1.165) is 35.3 Å². The van der Waals surface area contributed by atoms with E-state index < -0.39 is 5.41 Å². The number of para-hydroxylation sites is 2. The number of nitrogens with zero attached hydrogens (tertiary/aromatic N) is 2. The highest BCUT2D eigenvalue weighted by Gasteiger charge is 2.73. The number of aromatic nitrogens is 2. The normalized spacial score (nSPS) is 30.4. The Morgan fingerprint density at radius 3 is 2.30 bits per heavy atom. The number of hydrogen-bond acceptors (Lipinski definition) is 3. The minimum atomic E-state index is -0.565. The number of likely N-dealkylation sites (N-methyl/N-ethyl adjacent to an activating group) is 1. The SMILES string of the molecule is CCNC(=O)C12CCC(C)(c3nc4ccccc4nc31)C2(C)C. The smallest absolute Gasteiger partial charge is 0.232 e. The standard InChI is InChI=1S/C19H23N3O/c1-5-20-16(23)19-11-10-18(4,17(19,2)3)14-15(19)22-13-9-7-6-8-12(13)21-14/h6-9H,5,10-11H2,1-4H3,(H,20,23). The maximum absolute atomic E-state index is 13.1. The number of nitrogens with one attached hydrogen (secondary N) is 1. The number of hydrogen-bond donors (Lipinski definition) is 1. The number of benzene rings is 1. The van der Waals surface area contributed by atoms with Crippen molar-refractivity contribution in [1.82, 2.24) is 15.3 Å². The van der Waals surface area contributed by atoms with Gasteiger partial charge in [-0.2, -0.15) is 0 Å². The van der Waals surface area contributed by atoms with Gasteiger partial charge >= 0.3 is 0 Å². The Bertz CT molecular complexity index is 828. The highest BCUT2D eigenvalue weighted by Crippen LogP contribution is 2.70. The summed E-state index contributed by atoms with van der Waals surface area (Å²) < 4.78 is 0. The average molecular weight is 309 g/mol. The van der Waals surface area contributed by atoms with Gasteiger partial charge in [0, 0.05) is 12.0 Å². The zero-order chi connectivity index (χ0) is 16.5. The van der Waals surface area contributed by atoms with Crippen molar-refractivity contribution >= 4 is 16.9 Å². The molecule has 4 nitrogen and oxygen atoms in total. The van der Waals surface area contributed by atoms with Gasteiger partial charge in [-0.3, -0.25) is 4.79 Å². The monoisotopic (exact) mass is 309 g/mol. The van der Waals surface area contributed by atoms with Gasteiger partial charge in [0.05, 0.1) is 27.8 Å². The Kier molecular flexibility index (Phi) is 2.74. The van der Waals surface area contributed by atoms with Crippen LogP contribution in [0.25, 0.3) is 11.0 Å². The van der Waals surface area contributed by atoms with Crippen LogP contribution in [0, 0.1) is 5.41 Å². The number of carbonyl (C=O) groups is 1. The van der Waals surface area contributed by atoms with Crippen LogP contribution in [0.3, 0.4) is 0 Å². The fraction of sp³-hybridized carbons (Fsp3) is 0.526. The molecule has 4 rings (SSSR count). The van der Waals surface area contributed by atoms with E-state index in [2.05, 4.69) is 26.1 Å². The van der Waals surface area contributed by atoms with E-state index in [1.54, 1.807) is 0 Å². The molecule has 1 amide bonds. The summed E-state index contributed by atoms with van der Waals surface area (Å²) in [6, 6.07) is 7.95.